The number of amides is 1. The highest BCUT2D eigenvalue weighted by molar-refractivity contribution is 7.14. The second-order valence-corrected chi connectivity index (χ2v) is 8.32. The Morgan fingerprint density at radius 3 is 2.77 bits per heavy atom. The predicted octanol–water partition coefficient (Wildman–Crippen LogP) is 4.52. The molecule has 2 fully saturated rings. The van der Waals surface area contributed by atoms with Gasteiger partial charge >= 0.3 is 0 Å². The van der Waals surface area contributed by atoms with Crippen LogP contribution in [0.4, 0.5) is 0 Å². The van der Waals surface area contributed by atoms with Crippen molar-refractivity contribution in [3.05, 3.63) is 40.1 Å². The normalized spacial score (nSPS) is 22.8. The Bertz CT molecular complexity index is 781. The number of hydrogen-bond donors (Lipinski definition) is 0. The van der Waals surface area contributed by atoms with E-state index in [0.717, 1.165) is 34.6 Å². The highest BCUT2D eigenvalue weighted by Crippen LogP contribution is 2.35. The number of methoxy groups -OCH3 is 1. The van der Waals surface area contributed by atoms with E-state index in [1.165, 1.54) is 17.7 Å². The van der Waals surface area contributed by atoms with Crippen molar-refractivity contribution in [2.45, 2.75) is 44.8 Å². The van der Waals surface area contributed by atoms with Crippen LogP contribution in [0.1, 0.15) is 40.2 Å². The maximum atomic E-state index is 13.2. The Morgan fingerprint density at radius 2 is 2.00 bits per heavy atom. The number of fused-ring (bicyclic) bond motifs is 1. The summed E-state index contributed by atoms with van der Waals surface area (Å²) < 4.78 is 11.2. The number of thiophene rings is 1. The quantitative estimate of drug-likeness (QED) is 0.796. The van der Waals surface area contributed by atoms with Crippen LogP contribution in [-0.2, 0) is 4.74 Å². The van der Waals surface area contributed by atoms with Gasteiger partial charge in [0.1, 0.15) is 5.75 Å². The van der Waals surface area contributed by atoms with Crippen molar-refractivity contribution < 1.29 is 14.3 Å². The third-order valence-corrected chi connectivity index (χ3v) is 6.56. The van der Waals surface area contributed by atoms with E-state index in [-0.39, 0.29) is 18.1 Å². The van der Waals surface area contributed by atoms with E-state index < -0.39 is 0 Å². The zero-order chi connectivity index (χ0) is 18.1. The molecule has 4 rings (SSSR count). The number of aryl methyl sites for hydroxylation is 1. The maximum absolute atomic E-state index is 13.2. The molecule has 1 aliphatic heterocycles. The molecular formula is C21H25NO3S. The fourth-order valence-electron chi connectivity index (χ4n) is 4.13. The van der Waals surface area contributed by atoms with Crippen LogP contribution in [-0.4, -0.2) is 43.2 Å². The highest BCUT2D eigenvalue weighted by Gasteiger charge is 2.37. The lowest BCUT2D eigenvalue weighted by Crippen LogP contribution is -2.54. The van der Waals surface area contributed by atoms with E-state index in [4.69, 9.17) is 9.47 Å². The predicted molar refractivity (Wildman–Crippen MR) is 104 cm³/mol. The molecule has 1 aromatic heterocycles. The zero-order valence-corrected chi connectivity index (χ0v) is 16.2. The molecule has 138 valence electrons. The van der Waals surface area contributed by atoms with E-state index in [9.17, 15) is 4.79 Å². The van der Waals surface area contributed by atoms with Gasteiger partial charge < -0.3 is 14.4 Å². The van der Waals surface area contributed by atoms with Crippen LogP contribution in [0.3, 0.4) is 0 Å². The summed E-state index contributed by atoms with van der Waals surface area (Å²) in [4.78, 5) is 17.3. The Kier molecular flexibility index (Phi) is 5.00. The summed E-state index contributed by atoms with van der Waals surface area (Å²) >= 11 is 1.60. The fraction of sp³-hybridized carbons (Fsp3) is 0.476. The molecular weight excluding hydrogens is 346 g/mol. The molecule has 26 heavy (non-hydrogen) atoms. The largest absolute Gasteiger partial charge is 0.497 e. The molecule has 2 unspecified atom stereocenters. The molecule has 1 amide bonds. The van der Waals surface area contributed by atoms with Gasteiger partial charge in [-0.2, -0.15) is 0 Å². The van der Waals surface area contributed by atoms with Crippen LogP contribution in [0.25, 0.3) is 11.1 Å². The Balaban J connectivity index is 1.58. The first-order valence-corrected chi connectivity index (χ1v) is 10.2. The molecule has 2 aromatic rings. The van der Waals surface area contributed by atoms with Gasteiger partial charge in [0.25, 0.3) is 5.91 Å². The van der Waals surface area contributed by atoms with Gasteiger partial charge in [-0.25, -0.2) is 0 Å². The molecule has 2 heterocycles. The minimum absolute atomic E-state index is 0.165. The number of nitrogens with zero attached hydrogens (tertiary/aromatic N) is 1. The SMILES string of the molecule is COc1ccc(-c2cc(C(=O)N3CCOC4CCCCC43)sc2C)cc1. The summed E-state index contributed by atoms with van der Waals surface area (Å²) in [5.74, 6) is 1.01. The second kappa shape index (κ2) is 7.41. The monoisotopic (exact) mass is 371 g/mol. The summed E-state index contributed by atoms with van der Waals surface area (Å²) in [5.41, 5.74) is 2.26. The molecule has 1 aromatic carbocycles. The Hall–Kier alpha value is -1.85. The standard InChI is InChI=1S/C21H25NO3S/c1-14-17(15-7-9-16(24-2)10-8-15)13-20(26-14)21(23)22-11-12-25-19-6-4-3-5-18(19)22/h7-10,13,18-19H,3-6,11-12H2,1-2H3. The van der Waals surface area contributed by atoms with Gasteiger partial charge in [0, 0.05) is 11.4 Å². The molecule has 5 heteroatoms. The lowest BCUT2D eigenvalue weighted by atomic mass is 9.90. The third kappa shape index (κ3) is 3.26. The summed E-state index contributed by atoms with van der Waals surface area (Å²) in [6.45, 7) is 3.45. The molecule has 0 bridgehead atoms. The number of hydrogen-bond acceptors (Lipinski definition) is 4. The first-order valence-electron chi connectivity index (χ1n) is 9.35. The van der Waals surface area contributed by atoms with Gasteiger partial charge in [-0.1, -0.05) is 25.0 Å². The van der Waals surface area contributed by atoms with Crippen LogP contribution in [0.15, 0.2) is 30.3 Å². The minimum Gasteiger partial charge on any atom is -0.497 e. The number of carbonyl (C=O) groups is 1. The number of morpholine rings is 1. The average Bonchev–Trinajstić information content (AvgIpc) is 3.08. The molecule has 4 nitrogen and oxygen atoms in total. The van der Waals surface area contributed by atoms with E-state index in [0.29, 0.717) is 13.2 Å². The van der Waals surface area contributed by atoms with Crippen molar-refractivity contribution in [1.29, 1.82) is 0 Å². The summed E-state index contributed by atoms with van der Waals surface area (Å²) in [6, 6.07) is 10.3. The number of rotatable bonds is 3. The van der Waals surface area contributed by atoms with Crippen molar-refractivity contribution in [2.24, 2.45) is 0 Å². The molecule has 0 spiro atoms. The molecule has 1 saturated carbocycles. The van der Waals surface area contributed by atoms with Gasteiger partial charge in [-0.3, -0.25) is 4.79 Å². The molecule has 0 radical (unpaired) electrons. The van der Waals surface area contributed by atoms with Crippen molar-refractivity contribution in [3.63, 3.8) is 0 Å². The number of ether oxygens (including phenoxy) is 2. The topological polar surface area (TPSA) is 38.8 Å². The third-order valence-electron chi connectivity index (χ3n) is 5.52. The van der Waals surface area contributed by atoms with Crippen LogP contribution in [0.2, 0.25) is 0 Å². The van der Waals surface area contributed by atoms with Gasteiger partial charge in [0.15, 0.2) is 0 Å². The fourth-order valence-corrected chi connectivity index (χ4v) is 5.13. The lowest BCUT2D eigenvalue weighted by molar-refractivity contribution is -0.0751. The lowest BCUT2D eigenvalue weighted by Gasteiger charge is -2.43. The Morgan fingerprint density at radius 1 is 1.23 bits per heavy atom. The maximum Gasteiger partial charge on any atom is 0.264 e. The van der Waals surface area contributed by atoms with Gasteiger partial charge in [-0.05, 0) is 49.1 Å². The van der Waals surface area contributed by atoms with Crippen LogP contribution in [0.5, 0.6) is 5.75 Å². The van der Waals surface area contributed by atoms with Gasteiger partial charge in [0.2, 0.25) is 0 Å². The van der Waals surface area contributed by atoms with Crippen LogP contribution >= 0.6 is 11.3 Å². The molecule has 0 N–H and O–H groups in total. The van der Waals surface area contributed by atoms with E-state index >= 15 is 0 Å². The minimum atomic E-state index is 0.165. The zero-order valence-electron chi connectivity index (χ0n) is 15.4. The number of carbonyl (C=O) groups excluding carboxylic acids is 1. The first kappa shape index (κ1) is 17.6. The van der Waals surface area contributed by atoms with Crippen molar-refractivity contribution in [1.82, 2.24) is 4.90 Å². The molecule has 1 saturated heterocycles. The Labute approximate surface area is 158 Å². The highest BCUT2D eigenvalue weighted by atomic mass is 32.1. The average molecular weight is 372 g/mol. The van der Waals surface area contributed by atoms with Crippen molar-refractivity contribution in [3.8, 4) is 16.9 Å². The van der Waals surface area contributed by atoms with Crippen molar-refractivity contribution >= 4 is 17.2 Å². The molecule has 2 atom stereocenters. The summed E-state index contributed by atoms with van der Waals surface area (Å²) in [5, 5.41) is 0. The molecule has 1 aliphatic carbocycles. The van der Waals surface area contributed by atoms with Gasteiger partial charge in [-0.15, -0.1) is 11.3 Å². The number of benzene rings is 1. The smallest absolute Gasteiger partial charge is 0.264 e. The summed E-state index contributed by atoms with van der Waals surface area (Å²) in [7, 11) is 1.67. The first-order chi connectivity index (χ1) is 12.7. The summed E-state index contributed by atoms with van der Waals surface area (Å²) in [6.07, 6.45) is 4.77. The second-order valence-electron chi connectivity index (χ2n) is 7.07. The van der Waals surface area contributed by atoms with Crippen LogP contribution in [0, 0.1) is 6.92 Å². The van der Waals surface area contributed by atoms with E-state index in [1.54, 1.807) is 18.4 Å². The van der Waals surface area contributed by atoms with Crippen LogP contribution < -0.4 is 4.74 Å². The van der Waals surface area contributed by atoms with E-state index in [1.807, 2.05) is 24.3 Å². The van der Waals surface area contributed by atoms with E-state index in [2.05, 4.69) is 17.9 Å². The van der Waals surface area contributed by atoms with Gasteiger partial charge in [0.05, 0.1) is 30.7 Å². The molecule has 2 aliphatic rings. The van der Waals surface area contributed by atoms with Crippen molar-refractivity contribution in [2.75, 3.05) is 20.3 Å².